The highest BCUT2D eigenvalue weighted by molar-refractivity contribution is 5.90. The third-order valence-electron chi connectivity index (χ3n) is 6.37. The molecule has 194 valence electrons. The van der Waals surface area contributed by atoms with Crippen LogP contribution in [0, 0.1) is 5.92 Å². The molecule has 3 aromatic rings. The number of carbonyl (C=O) groups excluding carboxylic acids is 1. The van der Waals surface area contributed by atoms with E-state index < -0.39 is 5.97 Å². The summed E-state index contributed by atoms with van der Waals surface area (Å²) in [6.45, 7) is 1.13. The van der Waals surface area contributed by atoms with Gasteiger partial charge in [0.25, 0.3) is 0 Å². The summed E-state index contributed by atoms with van der Waals surface area (Å²) in [5, 5.41) is 12.0. The van der Waals surface area contributed by atoms with E-state index in [1.165, 1.54) is 17.7 Å². The van der Waals surface area contributed by atoms with E-state index in [-0.39, 0.29) is 12.5 Å². The fourth-order valence-corrected chi connectivity index (χ4v) is 3.89. The monoisotopic (exact) mass is 503 g/mol. The van der Waals surface area contributed by atoms with Gasteiger partial charge in [-0.05, 0) is 73.1 Å². The highest BCUT2D eigenvalue weighted by Gasteiger charge is 2.23. The van der Waals surface area contributed by atoms with Crippen molar-refractivity contribution in [3.05, 3.63) is 71.8 Å². The molecule has 8 heteroatoms. The maximum absolute atomic E-state index is 12.7. The highest BCUT2D eigenvalue weighted by atomic mass is 16.5. The number of hydrogen-bond acceptors (Lipinski definition) is 5. The van der Waals surface area contributed by atoms with Gasteiger partial charge in [-0.25, -0.2) is 9.78 Å². The number of nitrogens with zero attached hydrogens (tertiary/aromatic N) is 2. The molecule has 0 spiro atoms. The van der Waals surface area contributed by atoms with Gasteiger partial charge >= 0.3 is 12.0 Å². The number of aliphatic carboxylic acids is 1. The van der Waals surface area contributed by atoms with Crippen molar-refractivity contribution in [2.45, 2.75) is 32.1 Å². The first-order chi connectivity index (χ1) is 17.9. The number of urea groups is 1. The summed E-state index contributed by atoms with van der Waals surface area (Å²) in [5.74, 6) is 1.76. The van der Waals surface area contributed by atoms with E-state index in [4.69, 9.17) is 19.6 Å². The Balaban J connectivity index is 1.41. The molecule has 1 aliphatic rings. The number of aryl methyl sites for hydroxylation is 1. The van der Waals surface area contributed by atoms with Crippen LogP contribution in [0.5, 0.6) is 11.5 Å². The molecule has 2 aromatic carbocycles. The van der Waals surface area contributed by atoms with Gasteiger partial charge in [0, 0.05) is 25.6 Å². The quantitative estimate of drug-likeness (QED) is 0.363. The van der Waals surface area contributed by atoms with E-state index in [0.29, 0.717) is 49.2 Å². The number of anilines is 1. The Morgan fingerprint density at radius 1 is 1.08 bits per heavy atom. The summed E-state index contributed by atoms with van der Waals surface area (Å²) in [5.41, 5.74) is 3.53. The van der Waals surface area contributed by atoms with Crippen LogP contribution in [-0.2, 0) is 17.6 Å². The van der Waals surface area contributed by atoms with Gasteiger partial charge in [-0.3, -0.25) is 9.69 Å². The van der Waals surface area contributed by atoms with Gasteiger partial charge in [-0.2, -0.15) is 0 Å². The second-order valence-electron chi connectivity index (χ2n) is 9.24. The molecule has 1 aromatic heterocycles. The largest absolute Gasteiger partial charge is 0.497 e. The van der Waals surface area contributed by atoms with Gasteiger partial charge < -0.3 is 19.9 Å². The molecule has 0 aliphatic heterocycles. The second-order valence-corrected chi connectivity index (χ2v) is 9.24. The minimum absolute atomic E-state index is 0.0469. The first-order valence-electron chi connectivity index (χ1n) is 12.5. The number of methoxy groups -OCH3 is 1. The molecule has 1 saturated carbocycles. The van der Waals surface area contributed by atoms with Gasteiger partial charge in [-0.1, -0.05) is 30.3 Å². The average Bonchev–Trinajstić information content (AvgIpc) is 3.75. The predicted octanol–water partition coefficient (Wildman–Crippen LogP) is 4.95. The van der Waals surface area contributed by atoms with Crippen LogP contribution in [0.15, 0.2) is 60.7 Å². The average molecular weight is 504 g/mol. The van der Waals surface area contributed by atoms with Crippen molar-refractivity contribution in [2.75, 3.05) is 32.2 Å². The Kier molecular flexibility index (Phi) is 8.61. The van der Waals surface area contributed by atoms with E-state index in [9.17, 15) is 9.59 Å². The van der Waals surface area contributed by atoms with Crippen molar-refractivity contribution in [2.24, 2.45) is 5.92 Å². The smallest absolute Gasteiger partial charge is 0.322 e. The fraction of sp³-hybridized carbons (Fsp3) is 0.345. The first-order valence-corrected chi connectivity index (χ1v) is 12.5. The number of aromatic nitrogens is 1. The number of amides is 2. The van der Waals surface area contributed by atoms with Gasteiger partial charge in [0.15, 0.2) is 0 Å². The fourth-order valence-electron chi connectivity index (χ4n) is 3.89. The van der Waals surface area contributed by atoms with Crippen LogP contribution < -0.4 is 19.7 Å². The molecule has 37 heavy (non-hydrogen) atoms. The second kappa shape index (κ2) is 12.3. The molecule has 0 atom stereocenters. The first kappa shape index (κ1) is 26.0. The summed E-state index contributed by atoms with van der Waals surface area (Å²) in [6.07, 6.45) is 3.49. The van der Waals surface area contributed by atoms with E-state index >= 15 is 0 Å². The Hall–Kier alpha value is -4.07. The third kappa shape index (κ3) is 7.46. The number of nitrogens with one attached hydrogen (secondary N) is 1. The van der Waals surface area contributed by atoms with Crippen LogP contribution in [-0.4, -0.2) is 49.4 Å². The molecule has 4 rings (SSSR count). The van der Waals surface area contributed by atoms with Crippen molar-refractivity contribution in [3.63, 3.8) is 0 Å². The van der Waals surface area contributed by atoms with Crippen LogP contribution >= 0.6 is 0 Å². The molecule has 2 N–H and O–H groups in total. The van der Waals surface area contributed by atoms with Crippen molar-refractivity contribution in [1.29, 1.82) is 0 Å². The summed E-state index contributed by atoms with van der Waals surface area (Å²) >= 11 is 0. The lowest BCUT2D eigenvalue weighted by Crippen LogP contribution is -2.38. The van der Waals surface area contributed by atoms with Crippen LogP contribution in [0.3, 0.4) is 0 Å². The normalized spacial score (nSPS) is 12.6. The zero-order valence-corrected chi connectivity index (χ0v) is 21.3. The number of rotatable bonds is 12. The lowest BCUT2D eigenvalue weighted by Gasteiger charge is -2.18. The molecule has 0 bridgehead atoms. The zero-order valence-electron chi connectivity index (χ0n) is 21.3. The van der Waals surface area contributed by atoms with Gasteiger partial charge in [0.1, 0.15) is 17.3 Å². The summed E-state index contributed by atoms with van der Waals surface area (Å²) in [6, 6.07) is 18.8. The minimum Gasteiger partial charge on any atom is -0.497 e. The predicted molar refractivity (Wildman–Crippen MR) is 142 cm³/mol. The van der Waals surface area contributed by atoms with Crippen molar-refractivity contribution in [3.8, 4) is 22.8 Å². The summed E-state index contributed by atoms with van der Waals surface area (Å²) in [4.78, 5) is 30.0. The maximum atomic E-state index is 12.7. The Labute approximate surface area is 217 Å². The number of benzene rings is 2. The maximum Gasteiger partial charge on any atom is 0.322 e. The van der Waals surface area contributed by atoms with Gasteiger partial charge in [0.05, 0.1) is 19.4 Å². The standard InChI is InChI=1S/C29H33N3O5/c1-32(29(35)30-17-16-20-8-13-24(36-2)14-9-20)27-5-3-4-25(31-27)23-11-10-22(12-15-28(33)34)26(18-23)37-19-21-6-7-21/h3-5,8-11,13-14,18,21H,6-7,12,15-17,19H2,1-2H3,(H,30,35)(H,33,34). The van der Waals surface area contributed by atoms with Crippen LogP contribution in [0.25, 0.3) is 11.3 Å². The molecule has 0 unspecified atom stereocenters. The molecule has 0 saturated heterocycles. The highest BCUT2D eigenvalue weighted by Crippen LogP contribution is 2.33. The molecule has 1 fully saturated rings. The van der Waals surface area contributed by atoms with Crippen LogP contribution in [0.1, 0.15) is 30.4 Å². The number of carbonyl (C=O) groups is 2. The van der Waals surface area contributed by atoms with Crippen LogP contribution in [0.4, 0.5) is 10.6 Å². The number of hydrogen-bond donors (Lipinski definition) is 2. The molecule has 1 aliphatic carbocycles. The van der Waals surface area contributed by atoms with Crippen molar-refractivity contribution < 1.29 is 24.2 Å². The van der Waals surface area contributed by atoms with E-state index in [1.54, 1.807) is 20.2 Å². The number of carboxylic acid groups (broad SMARTS) is 1. The molecular weight excluding hydrogens is 470 g/mol. The third-order valence-corrected chi connectivity index (χ3v) is 6.37. The van der Waals surface area contributed by atoms with Gasteiger partial charge in [0.2, 0.25) is 0 Å². The lowest BCUT2D eigenvalue weighted by molar-refractivity contribution is -0.136. The van der Waals surface area contributed by atoms with Gasteiger partial charge in [-0.15, -0.1) is 0 Å². The number of carboxylic acids is 1. The minimum atomic E-state index is -0.836. The Morgan fingerprint density at radius 3 is 2.57 bits per heavy atom. The van der Waals surface area contributed by atoms with Crippen LogP contribution in [0.2, 0.25) is 0 Å². The van der Waals surface area contributed by atoms with E-state index in [1.807, 2.05) is 54.6 Å². The molecule has 0 radical (unpaired) electrons. The molecule has 1 heterocycles. The Morgan fingerprint density at radius 2 is 1.86 bits per heavy atom. The van der Waals surface area contributed by atoms with Crippen molar-refractivity contribution >= 4 is 17.8 Å². The summed E-state index contributed by atoms with van der Waals surface area (Å²) in [7, 11) is 3.32. The zero-order chi connectivity index (χ0) is 26.2. The van der Waals surface area contributed by atoms with Crippen molar-refractivity contribution in [1.82, 2.24) is 10.3 Å². The summed E-state index contributed by atoms with van der Waals surface area (Å²) < 4.78 is 11.2. The molecule has 8 nitrogen and oxygen atoms in total. The lowest BCUT2D eigenvalue weighted by atomic mass is 10.0. The number of pyridine rings is 1. The molecule has 2 amide bonds. The topological polar surface area (TPSA) is 101 Å². The number of ether oxygens (including phenoxy) is 2. The molecular formula is C29H33N3O5. The Bertz CT molecular complexity index is 1220. The van der Waals surface area contributed by atoms with E-state index in [0.717, 1.165) is 22.4 Å². The SMILES string of the molecule is COc1ccc(CCNC(=O)N(C)c2cccc(-c3ccc(CCC(=O)O)c(OCC4CC4)c3)n2)cc1. The van der Waals surface area contributed by atoms with E-state index in [2.05, 4.69) is 5.32 Å².